The lowest BCUT2D eigenvalue weighted by Gasteiger charge is -2.36. The van der Waals surface area contributed by atoms with Crippen molar-refractivity contribution in [3.63, 3.8) is 0 Å². The van der Waals surface area contributed by atoms with E-state index in [9.17, 15) is 5.11 Å². The molecule has 0 spiro atoms. The van der Waals surface area contributed by atoms with Crippen LogP contribution in [0.4, 0.5) is 5.69 Å². The summed E-state index contributed by atoms with van der Waals surface area (Å²) >= 11 is 1.44. The van der Waals surface area contributed by atoms with E-state index in [-0.39, 0.29) is 0 Å². The number of nitrogens with zero attached hydrogens (tertiary/aromatic N) is 4. The topological polar surface area (TPSA) is 83.4 Å². The Labute approximate surface area is 205 Å². The molecule has 8 heteroatoms. The van der Waals surface area contributed by atoms with Crippen molar-refractivity contribution in [2.24, 2.45) is 5.92 Å². The molecule has 4 heterocycles. The summed E-state index contributed by atoms with van der Waals surface area (Å²) < 4.78 is 5.27. The molecule has 0 radical (unpaired) electrons. The molecule has 1 saturated heterocycles. The average molecular weight is 480 g/mol. The van der Waals surface area contributed by atoms with Crippen LogP contribution in [0, 0.1) is 5.92 Å². The van der Waals surface area contributed by atoms with Crippen LogP contribution < -0.4 is 15.0 Å². The Morgan fingerprint density at radius 2 is 2.03 bits per heavy atom. The summed E-state index contributed by atoms with van der Waals surface area (Å²) in [5.74, 6) is 1.56. The van der Waals surface area contributed by atoms with Gasteiger partial charge in [0.25, 0.3) is 0 Å². The average Bonchev–Trinajstić information content (AvgIpc) is 3.35. The fourth-order valence-electron chi connectivity index (χ4n) is 4.68. The number of aliphatic hydroxyl groups is 1. The summed E-state index contributed by atoms with van der Waals surface area (Å²) in [4.78, 5) is 16.5. The van der Waals surface area contributed by atoms with Crippen LogP contribution >= 0.6 is 11.3 Å². The fourth-order valence-corrected chi connectivity index (χ4v) is 5.63. The van der Waals surface area contributed by atoms with Crippen LogP contribution in [0.3, 0.4) is 0 Å². The second-order valence-electron chi connectivity index (χ2n) is 9.61. The minimum absolute atomic E-state index is 0.541. The molecular formula is C26H33N5O2S. The van der Waals surface area contributed by atoms with E-state index < -0.39 is 5.60 Å². The largest absolute Gasteiger partial charge is 0.495 e. The van der Waals surface area contributed by atoms with Crippen molar-refractivity contribution in [1.29, 1.82) is 0 Å². The van der Waals surface area contributed by atoms with E-state index >= 15 is 0 Å². The van der Waals surface area contributed by atoms with Crippen LogP contribution in [0.5, 0.6) is 5.75 Å². The molecule has 2 fully saturated rings. The fraction of sp³-hybridized carbons (Fsp3) is 0.500. The van der Waals surface area contributed by atoms with Gasteiger partial charge in [0.2, 0.25) is 0 Å². The van der Waals surface area contributed by atoms with Gasteiger partial charge >= 0.3 is 0 Å². The lowest BCUT2D eigenvalue weighted by molar-refractivity contribution is 0.101. The Morgan fingerprint density at radius 3 is 2.76 bits per heavy atom. The molecule has 2 aliphatic rings. The highest BCUT2D eigenvalue weighted by molar-refractivity contribution is 7.15. The van der Waals surface area contributed by atoms with E-state index in [4.69, 9.17) is 4.74 Å². The number of piperidine rings is 1. The van der Waals surface area contributed by atoms with Crippen LogP contribution in [-0.2, 0) is 5.60 Å². The minimum atomic E-state index is -1.23. The number of hydrogen-bond acceptors (Lipinski definition) is 8. The Balaban J connectivity index is 1.26. The Hall–Kier alpha value is -2.55. The van der Waals surface area contributed by atoms with Crippen LogP contribution in [0.15, 0.2) is 43.0 Å². The molecule has 3 aromatic rings. The van der Waals surface area contributed by atoms with Crippen molar-refractivity contribution >= 4 is 17.0 Å². The van der Waals surface area contributed by atoms with Crippen LogP contribution in [0.2, 0.25) is 0 Å². The maximum Gasteiger partial charge on any atom is 0.139 e. The Morgan fingerprint density at radius 1 is 1.15 bits per heavy atom. The molecule has 7 nitrogen and oxygen atoms in total. The number of pyridine rings is 2. The van der Waals surface area contributed by atoms with Gasteiger partial charge in [-0.2, -0.15) is 0 Å². The maximum atomic E-state index is 11.4. The first-order valence-corrected chi connectivity index (χ1v) is 13.0. The van der Waals surface area contributed by atoms with Crippen molar-refractivity contribution in [1.82, 2.24) is 20.3 Å². The van der Waals surface area contributed by atoms with E-state index in [2.05, 4.69) is 31.2 Å². The molecule has 1 aliphatic carbocycles. The predicted octanol–water partition coefficient (Wildman–Crippen LogP) is 4.22. The number of methoxy groups -OCH3 is 1. The first-order chi connectivity index (χ1) is 16.5. The molecule has 5 rings (SSSR count). The highest BCUT2D eigenvalue weighted by atomic mass is 32.1. The summed E-state index contributed by atoms with van der Waals surface area (Å²) in [6, 6.07) is 6.45. The van der Waals surface area contributed by atoms with Crippen molar-refractivity contribution in [3.05, 3.63) is 53.6 Å². The van der Waals surface area contributed by atoms with Crippen molar-refractivity contribution in [2.45, 2.75) is 50.7 Å². The van der Waals surface area contributed by atoms with Gasteiger partial charge < -0.3 is 20.1 Å². The zero-order valence-electron chi connectivity index (χ0n) is 19.9. The first kappa shape index (κ1) is 23.2. The summed E-state index contributed by atoms with van der Waals surface area (Å²) in [7, 11) is 1.62. The molecule has 3 aromatic heterocycles. The molecule has 0 bridgehead atoms. The summed E-state index contributed by atoms with van der Waals surface area (Å²) in [6.07, 6.45) is 13.6. The SMILES string of the molecule is COc1cncc(-c2ncc(C(C)(O)c3ccc(N4CCC[C@@H](NCC5CCC5)C4)cn3)s2)c1. The molecule has 2 atom stereocenters. The van der Waals surface area contributed by atoms with Crippen LogP contribution in [0.25, 0.3) is 10.6 Å². The minimum Gasteiger partial charge on any atom is -0.495 e. The van der Waals surface area contributed by atoms with E-state index in [1.807, 2.05) is 18.3 Å². The smallest absolute Gasteiger partial charge is 0.139 e. The van der Waals surface area contributed by atoms with Gasteiger partial charge in [0.05, 0.1) is 35.8 Å². The third kappa shape index (κ3) is 4.94. The van der Waals surface area contributed by atoms with Gasteiger partial charge in [-0.1, -0.05) is 6.42 Å². The van der Waals surface area contributed by atoms with Gasteiger partial charge in [-0.25, -0.2) is 4.98 Å². The monoisotopic (exact) mass is 479 g/mol. The summed E-state index contributed by atoms with van der Waals surface area (Å²) in [5, 5.41) is 15.9. The second kappa shape index (κ2) is 9.98. The van der Waals surface area contributed by atoms with Gasteiger partial charge in [0.1, 0.15) is 16.4 Å². The summed E-state index contributed by atoms with van der Waals surface area (Å²) in [5.41, 5.74) is 1.37. The molecule has 180 valence electrons. The highest BCUT2D eigenvalue weighted by Crippen LogP contribution is 2.36. The van der Waals surface area contributed by atoms with E-state index in [0.29, 0.717) is 17.5 Å². The number of ether oxygens (including phenoxy) is 1. The first-order valence-electron chi connectivity index (χ1n) is 12.2. The van der Waals surface area contributed by atoms with E-state index in [1.165, 1.54) is 43.4 Å². The predicted molar refractivity (Wildman–Crippen MR) is 135 cm³/mol. The number of nitrogens with one attached hydrogen (secondary N) is 1. The number of rotatable bonds is 8. The molecule has 1 unspecified atom stereocenters. The van der Waals surface area contributed by atoms with Crippen molar-refractivity contribution in [2.75, 3.05) is 31.6 Å². The molecule has 34 heavy (non-hydrogen) atoms. The normalized spacial score (nSPS) is 20.6. The molecule has 1 aliphatic heterocycles. The number of hydrogen-bond donors (Lipinski definition) is 2. The van der Waals surface area contributed by atoms with Crippen LogP contribution in [-0.4, -0.2) is 52.8 Å². The lowest BCUT2D eigenvalue weighted by Crippen LogP contribution is -2.47. The van der Waals surface area contributed by atoms with E-state index in [0.717, 1.165) is 46.7 Å². The van der Waals surface area contributed by atoms with Gasteiger partial charge in [-0.15, -0.1) is 11.3 Å². The molecule has 0 aromatic carbocycles. The molecular weight excluding hydrogens is 446 g/mol. The van der Waals surface area contributed by atoms with Crippen LogP contribution in [0.1, 0.15) is 49.6 Å². The molecule has 2 N–H and O–H groups in total. The number of thiazole rings is 1. The molecule has 1 saturated carbocycles. The Kier molecular flexibility index (Phi) is 6.81. The zero-order chi connectivity index (χ0) is 23.5. The molecule has 0 amide bonds. The zero-order valence-corrected chi connectivity index (χ0v) is 20.7. The van der Waals surface area contributed by atoms with Gasteiger partial charge in [0.15, 0.2) is 0 Å². The van der Waals surface area contributed by atoms with Crippen molar-refractivity contribution in [3.8, 4) is 16.3 Å². The van der Waals surface area contributed by atoms with Gasteiger partial charge in [-0.05, 0) is 63.3 Å². The van der Waals surface area contributed by atoms with E-state index in [1.54, 1.807) is 32.6 Å². The van der Waals surface area contributed by atoms with Gasteiger partial charge in [0, 0.05) is 37.1 Å². The third-order valence-corrected chi connectivity index (χ3v) is 8.39. The number of anilines is 1. The number of aromatic nitrogens is 3. The van der Waals surface area contributed by atoms with Crippen molar-refractivity contribution < 1.29 is 9.84 Å². The standard InChI is InChI=1S/C26H33N5O2S/c1-26(32,24-16-30-25(34-24)19-11-22(33-2)15-27-13-19)23-9-8-21(14-29-23)31-10-4-7-20(17-31)28-12-18-5-3-6-18/h8-9,11,13-16,18,20,28,32H,3-7,10,12,17H2,1-2H3/t20-,26?/m1/s1. The second-order valence-corrected chi connectivity index (χ2v) is 10.6. The Bertz CT molecular complexity index is 1100. The quantitative estimate of drug-likeness (QED) is 0.500. The third-order valence-electron chi connectivity index (χ3n) is 7.13. The lowest BCUT2D eigenvalue weighted by atomic mass is 9.85. The maximum absolute atomic E-state index is 11.4. The van der Waals surface area contributed by atoms with Gasteiger partial charge in [-0.3, -0.25) is 9.97 Å². The highest BCUT2D eigenvalue weighted by Gasteiger charge is 2.31. The summed E-state index contributed by atoms with van der Waals surface area (Å²) in [6.45, 7) is 4.99.